The highest BCUT2D eigenvalue weighted by atomic mass is 32.2. The molecule has 1 aliphatic heterocycles. The van der Waals surface area contributed by atoms with E-state index in [1.165, 1.54) is 12.1 Å². The molecule has 0 spiro atoms. The summed E-state index contributed by atoms with van der Waals surface area (Å²) >= 11 is 0. The molecule has 0 saturated heterocycles. The number of methoxy groups -OCH3 is 1. The van der Waals surface area contributed by atoms with Crippen molar-refractivity contribution < 1.29 is 27.4 Å². The monoisotopic (exact) mass is 379 g/mol. The first-order valence-corrected chi connectivity index (χ1v) is 9.65. The highest BCUT2D eigenvalue weighted by Gasteiger charge is 2.21. The Bertz CT molecular complexity index is 850. The Morgan fingerprint density at radius 2 is 1.69 bits per heavy atom. The minimum absolute atomic E-state index is 0.123. The van der Waals surface area contributed by atoms with Crippen LogP contribution in [-0.2, 0) is 10.0 Å². The van der Waals surface area contributed by atoms with Gasteiger partial charge in [-0.2, -0.15) is 0 Å². The molecule has 0 aliphatic carbocycles. The Morgan fingerprint density at radius 3 is 2.38 bits per heavy atom. The van der Waals surface area contributed by atoms with Gasteiger partial charge in [-0.05, 0) is 43.3 Å². The van der Waals surface area contributed by atoms with E-state index in [0.717, 1.165) is 5.75 Å². The highest BCUT2D eigenvalue weighted by Crippen LogP contribution is 2.32. The second kappa shape index (κ2) is 7.84. The summed E-state index contributed by atoms with van der Waals surface area (Å²) in [5.41, 5.74) is 0. The molecule has 0 saturated carbocycles. The Kier molecular flexibility index (Phi) is 5.53. The van der Waals surface area contributed by atoms with Crippen LogP contribution in [0, 0.1) is 0 Å². The Morgan fingerprint density at radius 1 is 1.04 bits per heavy atom. The molecular formula is C18H21NO6S. The van der Waals surface area contributed by atoms with Gasteiger partial charge in [0.15, 0.2) is 11.5 Å². The van der Waals surface area contributed by atoms with Crippen molar-refractivity contribution >= 4 is 10.0 Å². The van der Waals surface area contributed by atoms with Crippen LogP contribution in [0.3, 0.4) is 0 Å². The Hall–Kier alpha value is -2.45. The minimum Gasteiger partial charge on any atom is -0.497 e. The predicted octanol–water partition coefficient (Wildman–Crippen LogP) is 2.21. The molecule has 0 bridgehead atoms. The van der Waals surface area contributed by atoms with E-state index in [1.807, 2.05) is 0 Å². The fourth-order valence-corrected chi connectivity index (χ4v) is 3.69. The van der Waals surface area contributed by atoms with Crippen molar-refractivity contribution in [3.8, 4) is 23.0 Å². The molecule has 7 nitrogen and oxygen atoms in total. The lowest BCUT2D eigenvalue weighted by molar-refractivity contribution is 0.171. The van der Waals surface area contributed by atoms with Crippen LogP contribution >= 0.6 is 0 Å². The fourth-order valence-electron chi connectivity index (χ4n) is 2.45. The average molecular weight is 379 g/mol. The largest absolute Gasteiger partial charge is 0.497 e. The number of nitrogens with one attached hydrogen (secondary N) is 1. The van der Waals surface area contributed by atoms with Gasteiger partial charge in [-0.25, -0.2) is 13.1 Å². The summed E-state index contributed by atoms with van der Waals surface area (Å²) in [6, 6.07) is 11.2. The first-order chi connectivity index (χ1) is 12.5. The van der Waals surface area contributed by atoms with E-state index >= 15 is 0 Å². The van der Waals surface area contributed by atoms with Crippen LogP contribution in [0.2, 0.25) is 0 Å². The molecule has 0 unspecified atom stereocenters. The zero-order valence-electron chi connectivity index (χ0n) is 14.6. The molecule has 140 valence electrons. The van der Waals surface area contributed by atoms with Crippen LogP contribution in [0.25, 0.3) is 0 Å². The Balaban J connectivity index is 1.61. The van der Waals surface area contributed by atoms with Crippen LogP contribution in [0.5, 0.6) is 23.0 Å². The third-order valence-electron chi connectivity index (χ3n) is 3.74. The van der Waals surface area contributed by atoms with Gasteiger partial charge in [-0.1, -0.05) is 0 Å². The lowest BCUT2D eigenvalue weighted by Gasteiger charge is -2.20. The number of hydrogen-bond acceptors (Lipinski definition) is 6. The van der Waals surface area contributed by atoms with E-state index in [9.17, 15) is 8.42 Å². The van der Waals surface area contributed by atoms with E-state index in [-0.39, 0.29) is 11.5 Å². The molecule has 0 aromatic heterocycles. The maximum atomic E-state index is 12.5. The van der Waals surface area contributed by atoms with Gasteiger partial charge in [-0.15, -0.1) is 0 Å². The van der Waals surface area contributed by atoms with Crippen LogP contribution in [-0.4, -0.2) is 41.4 Å². The summed E-state index contributed by atoms with van der Waals surface area (Å²) in [4.78, 5) is 0.123. The molecule has 1 heterocycles. The van der Waals surface area contributed by atoms with Crippen molar-refractivity contribution in [2.24, 2.45) is 0 Å². The van der Waals surface area contributed by atoms with Crippen molar-refractivity contribution in [1.29, 1.82) is 0 Å². The molecule has 2 aromatic rings. The third-order valence-corrected chi connectivity index (χ3v) is 5.33. The van der Waals surface area contributed by atoms with Crippen LogP contribution in [0.4, 0.5) is 0 Å². The molecular weight excluding hydrogens is 358 g/mol. The molecule has 3 rings (SSSR count). The molecule has 0 fully saturated rings. The van der Waals surface area contributed by atoms with Gasteiger partial charge in [0.1, 0.15) is 31.3 Å². The van der Waals surface area contributed by atoms with E-state index in [4.69, 9.17) is 18.9 Å². The zero-order valence-corrected chi connectivity index (χ0v) is 15.4. The maximum Gasteiger partial charge on any atom is 0.241 e. The maximum absolute atomic E-state index is 12.5. The van der Waals surface area contributed by atoms with Gasteiger partial charge in [0.25, 0.3) is 0 Å². The molecule has 0 amide bonds. The van der Waals surface area contributed by atoms with Gasteiger partial charge in [0.2, 0.25) is 10.0 Å². The summed E-state index contributed by atoms with van der Waals surface area (Å²) in [7, 11) is -2.11. The third kappa shape index (κ3) is 4.39. The number of sulfonamides is 1. The lowest BCUT2D eigenvalue weighted by Crippen LogP contribution is -2.36. The second-order valence-corrected chi connectivity index (χ2v) is 7.53. The van der Waals surface area contributed by atoms with E-state index in [1.54, 1.807) is 44.4 Å². The predicted molar refractivity (Wildman–Crippen MR) is 95.7 cm³/mol. The van der Waals surface area contributed by atoms with Crippen LogP contribution in [0.1, 0.15) is 6.92 Å². The SMILES string of the molecule is COc1ccc(OC[C@H](C)NS(=O)(=O)c2ccc3c(c2)OCCO3)cc1. The lowest BCUT2D eigenvalue weighted by atomic mass is 10.3. The molecule has 2 aromatic carbocycles. The summed E-state index contributed by atoms with van der Waals surface area (Å²) in [6.07, 6.45) is 0. The van der Waals surface area contributed by atoms with Gasteiger partial charge in [-0.3, -0.25) is 0 Å². The zero-order chi connectivity index (χ0) is 18.6. The Labute approximate surface area is 152 Å². The molecule has 8 heteroatoms. The molecule has 1 aliphatic rings. The summed E-state index contributed by atoms with van der Waals surface area (Å²) in [5.74, 6) is 2.34. The van der Waals surface area contributed by atoms with Gasteiger partial charge in [0, 0.05) is 6.07 Å². The quantitative estimate of drug-likeness (QED) is 0.794. The van der Waals surface area contributed by atoms with Crippen molar-refractivity contribution in [2.75, 3.05) is 26.9 Å². The first-order valence-electron chi connectivity index (χ1n) is 8.17. The van der Waals surface area contributed by atoms with E-state index in [2.05, 4.69) is 4.72 Å². The molecule has 1 N–H and O–H groups in total. The van der Waals surface area contributed by atoms with Crippen LogP contribution in [0.15, 0.2) is 47.4 Å². The first kappa shape index (κ1) is 18.3. The molecule has 1 atom stereocenters. The minimum atomic E-state index is -3.69. The normalized spacial score (nSPS) is 14.5. The smallest absolute Gasteiger partial charge is 0.241 e. The summed E-state index contributed by atoms with van der Waals surface area (Å²) in [5, 5.41) is 0. The van der Waals surface area contributed by atoms with Crippen molar-refractivity contribution in [3.63, 3.8) is 0 Å². The van der Waals surface area contributed by atoms with Crippen molar-refractivity contribution in [2.45, 2.75) is 17.9 Å². The highest BCUT2D eigenvalue weighted by molar-refractivity contribution is 7.89. The topological polar surface area (TPSA) is 83.1 Å². The van der Waals surface area contributed by atoms with Crippen LogP contribution < -0.4 is 23.7 Å². The standard InChI is InChI=1S/C18H21NO6S/c1-13(12-25-15-5-3-14(22-2)4-6-15)19-26(20,21)16-7-8-17-18(11-16)24-10-9-23-17/h3-8,11,13,19H,9-10,12H2,1-2H3/t13-/m0/s1. The summed E-state index contributed by atoms with van der Waals surface area (Å²) in [6.45, 7) is 2.78. The number of rotatable bonds is 7. The number of fused-ring (bicyclic) bond motifs is 1. The number of benzene rings is 2. The van der Waals surface area contributed by atoms with Gasteiger partial charge in [0.05, 0.1) is 18.0 Å². The average Bonchev–Trinajstić information content (AvgIpc) is 2.66. The second-order valence-electron chi connectivity index (χ2n) is 5.81. The number of ether oxygens (including phenoxy) is 4. The van der Waals surface area contributed by atoms with Gasteiger partial charge >= 0.3 is 0 Å². The van der Waals surface area contributed by atoms with Crippen molar-refractivity contribution in [3.05, 3.63) is 42.5 Å². The van der Waals surface area contributed by atoms with E-state index < -0.39 is 16.1 Å². The number of hydrogen-bond donors (Lipinski definition) is 1. The fraction of sp³-hybridized carbons (Fsp3) is 0.333. The van der Waals surface area contributed by atoms with Crippen molar-refractivity contribution in [1.82, 2.24) is 4.72 Å². The summed E-state index contributed by atoms with van der Waals surface area (Å²) < 4.78 is 49.2. The van der Waals surface area contributed by atoms with E-state index in [0.29, 0.717) is 30.5 Å². The molecule has 0 radical (unpaired) electrons. The van der Waals surface area contributed by atoms with Gasteiger partial charge < -0.3 is 18.9 Å². The molecule has 26 heavy (non-hydrogen) atoms.